The number of amides is 1. The number of carbonyl (C=O) groups excluding carboxylic acids is 1. The molecule has 3 aromatic rings. The number of thioether (sulfide) groups is 1. The fourth-order valence-corrected chi connectivity index (χ4v) is 4.02. The number of benzene rings is 2. The Hall–Kier alpha value is -2.53. The van der Waals surface area contributed by atoms with Crippen LogP contribution in [0.2, 0.25) is 0 Å². The van der Waals surface area contributed by atoms with Crippen LogP contribution in [-0.2, 0) is 4.79 Å². The van der Waals surface area contributed by atoms with Crippen molar-refractivity contribution >= 4 is 17.7 Å². The lowest BCUT2D eigenvalue weighted by atomic mass is 10.1. The summed E-state index contributed by atoms with van der Waals surface area (Å²) in [6, 6.07) is 20.0. The highest BCUT2D eigenvalue weighted by molar-refractivity contribution is 7.99. The molecule has 4 nitrogen and oxygen atoms in total. The first-order chi connectivity index (χ1) is 13.3. The van der Waals surface area contributed by atoms with Crippen LogP contribution in [0, 0.1) is 0 Å². The summed E-state index contributed by atoms with van der Waals surface area (Å²) in [6.45, 7) is 1.74. The third kappa shape index (κ3) is 4.25. The van der Waals surface area contributed by atoms with Crippen molar-refractivity contribution in [2.24, 2.45) is 0 Å². The Kier molecular flexibility index (Phi) is 5.58. The molecule has 1 saturated heterocycles. The molecule has 1 aliphatic heterocycles. The van der Waals surface area contributed by atoms with E-state index in [1.807, 2.05) is 65.6 Å². The molecule has 4 rings (SSSR count). The van der Waals surface area contributed by atoms with Gasteiger partial charge in [0.05, 0.1) is 5.75 Å². The Labute approximate surface area is 163 Å². The summed E-state index contributed by atoms with van der Waals surface area (Å²) in [5.41, 5.74) is 2.81. The number of nitrogens with zero attached hydrogens (tertiary/aromatic N) is 2. The summed E-state index contributed by atoms with van der Waals surface area (Å²) in [5.74, 6) is 1.28. The lowest BCUT2D eigenvalue weighted by molar-refractivity contribution is -0.129. The molecule has 0 bridgehead atoms. The van der Waals surface area contributed by atoms with Gasteiger partial charge in [-0.3, -0.25) is 4.79 Å². The van der Waals surface area contributed by atoms with E-state index in [0.717, 1.165) is 48.5 Å². The fourth-order valence-electron chi connectivity index (χ4n) is 3.30. The minimum Gasteiger partial charge on any atom is -0.431 e. The van der Waals surface area contributed by atoms with Crippen molar-refractivity contribution in [2.75, 3.05) is 18.8 Å². The third-order valence-electron chi connectivity index (χ3n) is 4.72. The lowest BCUT2D eigenvalue weighted by Gasteiger charge is -2.26. The van der Waals surface area contributed by atoms with Crippen molar-refractivity contribution in [2.45, 2.75) is 24.5 Å². The minimum atomic E-state index is 0.167. The first kappa shape index (κ1) is 17.9. The molecule has 0 radical (unpaired) electrons. The van der Waals surface area contributed by atoms with Crippen LogP contribution in [0.1, 0.15) is 19.3 Å². The van der Waals surface area contributed by atoms with E-state index >= 15 is 0 Å². The Morgan fingerprint density at radius 2 is 1.56 bits per heavy atom. The average molecular weight is 378 g/mol. The van der Waals surface area contributed by atoms with Crippen molar-refractivity contribution < 1.29 is 9.21 Å². The van der Waals surface area contributed by atoms with Gasteiger partial charge in [0, 0.05) is 24.2 Å². The molecule has 27 heavy (non-hydrogen) atoms. The first-order valence-corrected chi connectivity index (χ1v) is 10.3. The molecule has 1 fully saturated rings. The monoisotopic (exact) mass is 378 g/mol. The van der Waals surface area contributed by atoms with E-state index in [1.165, 1.54) is 18.2 Å². The number of likely N-dealkylation sites (tertiary alicyclic amines) is 1. The minimum absolute atomic E-state index is 0.167. The predicted molar refractivity (Wildman–Crippen MR) is 109 cm³/mol. The number of oxazole rings is 1. The first-order valence-electron chi connectivity index (χ1n) is 9.33. The highest BCUT2D eigenvalue weighted by Crippen LogP contribution is 2.35. The molecule has 0 aliphatic carbocycles. The van der Waals surface area contributed by atoms with Gasteiger partial charge in [0.15, 0.2) is 5.76 Å². The molecule has 1 amide bonds. The van der Waals surface area contributed by atoms with Crippen molar-refractivity contribution in [3.05, 3.63) is 60.7 Å². The average Bonchev–Trinajstić information content (AvgIpc) is 3.18. The highest BCUT2D eigenvalue weighted by Gasteiger charge is 2.20. The quantitative estimate of drug-likeness (QED) is 0.579. The highest BCUT2D eigenvalue weighted by atomic mass is 32.2. The molecule has 0 spiro atoms. The van der Waals surface area contributed by atoms with Crippen LogP contribution in [0.25, 0.3) is 22.6 Å². The second-order valence-corrected chi connectivity index (χ2v) is 7.55. The maximum Gasteiger partial charge on any atom is 0.257 e. The van der Waals surface area contributed by atoms with Crippen LogP contribution in [0.3, 0.4) is 0 Å². The number of piperidine rings is 1. The Morgan fingerprint density at radius 3 is 2.22 bits per heavy atom. The molecule has 0 N–H and O–H groups in total. The Balaban J connectivity index is 1.57. The summed E-state index contributed by atoms with van der Waals surface area (Å²) in [4.78, 5) is 19.1. The molecule has 5 heteroatoms. The van der Waals surface area contributed by atoms with Gasteiger partial charge in [-0.25, -0.2) is 4.98 Å². The van der Waals surface area contributed by atoms with Gasteiger partial charge < -0.3 is 9.32 Å². The SMILES string of the molecule is O=C(CSc1nc(-c2ccccc2)c(-c2ccccc2)o1)N1CCCCC1. The maximum absolute atomic E-state index is 12.4. The predicted octanol–water partition coefficient (Wildman–Crippen LogP) is 5.11. The van der Waals surface area contributed by atoms with Gasteiger partial charge in [-0.2, -0.15) is 0 Å². The standard InChI is InChI=1S/C22H22N2O2S/c25-19(24-14-8-3-9-15-24)16-27-22-23-20(17-10-4-1-5-11-17)21(26-22)18-12-6-2-7-13-18/h1-2,4-7,10-13H,3,8-9,14-16H2. The van der Waals surface area contributed by atoms with Crippen molar-refractivity contribution in [3.63, 3.8) is 0 Å². The number of aromatic nitrogens is 1. The van der Waals surface area contributed by atoms with E-state index in [0.29, 0.717) is 11.0 Å². The van der Waals surface area contributed by atoms with Crippen molar-refractivity contribution in [1.82, 2.24) is 9.88 Å². The van der Waals surface area contributed by atoms with Crippen molar-refractivity contribution in [1.29, 1.82) is 0 Å². The molecule has 1 aromatic heterocycles. The van der Waals surface area contributed by atoms with E-state index in [1.54, 1.807) is 0 Å². The molecule has 1 aliphatic rings. The normalized spacial score (nSPS) is 14.3. The smallest absolute Gasteiger partial charge is 0.257 e. The molecule has 2 heterocycles. The van der Waals surface area contributed by atoms with Crippen LogP contribution < -0.4 is 0 Å². The summed E-state index contributed by atoms with van der Waals surface area (Å²) in [6.07, 6.45) is 3.43. The van der Waals surface area contributed by atoms with Crippen LogP contribution in [0.4, 0.5) is 0 Å². The molecule has 138 valence electrons. The van der Waals surface area contributed by atoms with E-state index in [9.17, 15) is 4.79 Å². The summed E-state index contributed by atoms with van der Waals surface area (Å²) < 4.78 is 6.07. The van der Waals surface area contributed by atoms with Gasteiger partial charge >= 0.3 is 0 Å². The zero-order valence-corrected chi connectivity index (χ0v) is 16.0. The van der Waals surface area contributed by atoms with Gasteiger partial charge in [0.1, 0.15) is 5.69 Å². The fraction of sp³-hybridized carbons (Fsp3) is 0.273. The molecule has 0 unspecified atom stereocenters. The molecule has 2 aromatic carbocycles. The molecule has 0 atom stereocenters. The lowest BCUT2D eigenvalue weighted by Crippen LogP contribution is -2.36. The summed E-state index contributed by atoms with van der Waals surface area (Å²) >= 11 is 1.38. The van der Waals surface area contributed by atoms with Gasteiger partial charge in [-0.15, -0.1) is 0 Å². The third-order valence-corrected chi connectivity index (χ3v) is 5.53. The second-order valence-electron chi connectivity index (χ2n) is 6.62. The van der Waals surface area contributed by atoms with E-state index < -0.39 is 0 Å². The van der Waals surface area contributed by atoms with Gasteiger partial charge in [-0.1, -0.05) is 72.4 Å². The van der Waals surface area contributed by atoms with Gasteiger partial charge in [0.25, 0.3) is 5.22 Å². The van der Waals surface area contributed by atoms with Gasteiger partial charge in [0.2, 0.25) is 5.91 Å². The zero-order chi connectivity index (χ0) is 18.5. The van der Waals surface area contributed by atoms with Gasteiger partial charge in [-0.05, 0) is 19.3 Å². The zero-order valence-electron chi connectivity index (χ0n) is 15.1. The van der Waals surface area contributed by atoms with Crippen LogP contribution in [-0.4, -0.2) is 34.6 Å². The largest absolute Gasteiger partial charge is 0.431 e. The Morgan fingerprint density at radius 1 is 0.926 bits per heavy atom. The summed E-state index contributed by atoms with van der Waals surface area (Å²) in [5, 5.41) is 0.540. The molecule has 0 saturated carbocycles. The van der Waals surface area contributed by atoms with E-state index in [2.05, 4.69) is 0 Å². The molecular formula is C22H22N2O2S. The van der Waals surface area contributed by atoms with Crippen LogP contribution >= 0.6 is 11.8 Å². The van der Waals surface area contributed by atoms with Crippen molar-refractivity contribution in [3.8, 4) is 22.6 Å². The second kappa shape index (κ2) is 8.44. The number of hydrogen-bond acceptors (Lipinski definition) is 4. The topological polar surface area (TPSA) is 46.3 Å². The number of hydrogen-bond donors (Lipinski definition) is 0. The van der Waals surface area contributed by atoms with Crippen LogP contribution in [0.15, 0.2) is 70.3 Å². The van der Waals surface area contributed by atoms with Crippen LogP contribution in [0.5, 0.6) is 0 Å². The van der Waals surface area contributed by atoms with E-state index in [-0.39, 0.29) is 5.91 Å². The maximum atomic E-state index is 12.4. The number of rotatable bonds is 5. The van der Waals surface area contributed by atoms with E-state index in [4.69, 9.17) is 9.40 Å². The Bertz CT molecular complexity index is 830. The number of carbonyl (C=O) groups is 1. The summed E-state index contributed by atoms with van der Waals surface area (Å²) in [7, 11) is 0. The molecular weight excluding hydrogens is 356 g/mol.